The zero-order valence-electron chi connectivity index (χ0n) is 8.61. The van der Waals surface area contributed by atoms with Gasteiger partial charge in [0.05, 0.1) is 0 Å². The lowest BCUT2D eigenvalue weighted by Gasteiger charge is -2.14. The molecule has 0 spiro atoms. The summed E-state index contributed by atoms with van der Waals surface area (Å²) in [5.41, 5.74) is 0.452. The van der Waals surface area contributed by atoms with Crippen LogP contribution in [0.3, 0.4) is 0 Å². The van der Waals surface area contributed by atoms with Crippen LogP contribution >= 0.6 is 11.6 Å². The normalized spacial score (nSPS) is 11.9. The minimum Gasteiger partial charge on any atom is -0.347 e. The fourth-order valence-electron chi connectivity index (χ4n) is 1.09. The quantitative estimate of drug-likeness (QED) is 0.445. The lowest BCUT2D eigenvalue weighted by molar-refractivity contribution is -0.127. The molecule has 3 nitrogen and oxygen atoms in total. The van der Waals surface area contributed by atoms with Gasteiger partial charge in [0.1, 0.15) is 0 Å². The standard InChI is InChI=1S/C11H12ClNO2/c1-13(2)11(15)9(12)10(14)8-6-4-3-5-7-8/h3-7,9H,1-2H3. The highest BCUT2D eigenvalue weighted by Gasteiger charge is 2.26. The SMILES string of the molecule is CN(C)C(=O)C(Cl)C(=O)c1ccccc1. The number of Topliss-reactive ketones (excluding diaryl/α,β-unsaturated/α-hetero) is 1. The van der Waals surface area contributed by atoms with E-state index in [9.17, 15) is 9.59 Å². The maximum absolute atomic E-state index is 11.7. The van der Waals surface area contributed by atoms with E-state index in [0.717, 1.165) is 0 Å². The molecule has 1 atom stereocenters. The van der Waals surface area contributed by atoms with E-state index in [2.05, 4.69) is 0 Å². The topological polar surface area (TPSA) is 37.4 Å². The fourth-order valence-corrected chi connectivity index (χ4v) is 1.41. The van der Waals surface area contributed by atoms with Gasteiger partial charge < -0.3 is 4.90 Å². The Kier molecular flexibility index (Phi) is 3.86. The van der Waals surface area contributed by atoms with Crippen LogP contribution in [-0.4, -0.2) is 36.1 Å². The molecule has 0 N–H and O–H groups in total. The molecule has 0 saturated heterocycles. The highest BCUT2D eigenvalue weighted by Crippen LogP contribution is 2.10. The molecule has 0 aromatic heterocycles. The molecule has 1 rings (SSSR count). The van der Waals surface area contributed by atoms with Gasteiger partial charge in [-0.2, -0.15) is 0 Å². The summed E-state index contributed by atoms with van der Waals surface area (Å²) in [6.45, 7) is 0. The molecule has 1 unspecified atom stereocenters. The van der Waals surface area contributed by atoms with E-state index in [1.165, 1.54) is 4.90 Å². The molecule has 1 aromatic rings. The Hall–Kier alpha value is -1.35. The Morgan fingerprint density at radius 3 is 2.20 bits per heavy atom. The Morgan fingerprint density at radius 1 is 1.20 bits per heavy atom. The lowest BCUT2D eigenvalue weighted by Crippen LogP contribution is -2.35. The van der Waals surface area contributed by atoms with Gasteiger partial charge in [0.2, 0.25) is 5.91 Å². The van der Waals surface area contributed by atoms with E-state index < -0.39 is 11.3 Å². The number of hydrogen-bond acceptors (Lipinski definition) is 2. The van der Waals surface area contributed by atoms with Crippen molar-refractivity contribution in [2.45, 2.75) is 5.38 Å². The first-order valence-electron chi connectivity index (χ1n) is 4.48. The van der Waals surface area contributed by atoms with Crippen LogP contribution in [0.15, 0.2) is 30.3 Å². The van der Waals surface area contributed by atoms with E-state index in [0.29, 0.717) is 5.56 Å². The molecule has 4 heteroatoms. The first kappa shape index (κ1) is 11.7. The number of rotatable bonds is 3. The zero-order valence-corrected chi connectivity index (χ0v) is 9.36. The molecule has 0 aliphatic heterocycles. The largest absolute Gasteiger partial charge is 0.347 e. The maximum Gasteiger partial charge on any atom is 0.248 e. The first-order chi connectivity index (χ1) is 7.04. The van der Waals surface area contributed by atoms with Crippen molar-refractivity contribution in [3.8, 4) is 0 Å². The van der Waals surface area contributed by atoms with Crippen LogP contribution in [0.4, 0.5) is 0 Å². The minimum atomic E-state index is -1.14. The van der Waals surface area contributed by atoms with Crippen molar-refractivity contribution in [2.75, 3.05) is 14.1 Å². The number of ketones is 1. The Bertz CT molecular complexity index is 362. The molecule has 0 bridgehead atoms. The summed E-state index contributed by atoms with van der Waals surface area (Å²) in [6, 6.07) is 8.54. The first-order valence-corrected chi connectivity index (χ1v) is 4.92. The highest BCUT2D eigenvalue weighted by atomic mass is 35.5. The Balaban J connectivity index is 2.82. The molecule has 0 aliphatic carbocycles. The van der Waals surface area contributed by atoms with Crippen molar-refractivity contribution in [2.24, 2.45) is 0 Å². The fraction of sp³-hybridized carbons (Fsp3) is 0.273. The minimum absolute atomic E-state index is 0.365. The number of carbonyl (C=O) groups is 2. The van der Waals surface area contributed by atoms with Gasteiger partial charge >= 0.3 is 0 Å². The van der Waals surface area contributed by atoms with E-state index in [4.69, 9.17) is 11.6 Å². The second kappa shape index (κ2) is 4.94. The molecule has 0 saturated carbocycles. The van der Waals surface area contributed by atoms with Crippen molar-refractivity contribution in [3.63, 3.8) is 0 Å². The van der Waals surface area contributed by atoms with E-state index in [1.807, 2.05) is 0 Å². The molecule has 0 heterocycles. The summed E-state index contributed by atoms with van der Waals surface area (Å²) in [4.78, 5) is 24.4. The number of carbonyl (C=O) groups excluding carboxylic acids is 2. The zero-order chi connectivity index (χ0) is 11.4. The van der Waals surface area contributed by atoms with Crippen molar-refractivity contribution in [1.29, 1.82) is 0 Å². The Labute approximate surface area is 93.6 Å². The summed E-state index contributed by atoms with van der Waals surface area (Å²) in [7, 11) is 3.13. The number of alkyl halides is 1. The van der Waals surface area contributed by atoms with Crippen molar-refractivity contribution >= 4 is 23.3 Å². The van der Waals surface area contributed by atoms with Crippen molar-refractivity contribution in [1.82, 2.24) is 4.90 Å². The van der Waals surface area contributed by atoms with Crippen LogP contribution in [-0.2, 0) is 4.79 Å². The maximum atomic E-state index is 11.7. The van der Waals surface area contributed by atoms with Gasteiger partial charge in [0.25, 0.3) is 0 Å². The predicted molar refractivity (Wildman–Crippen MR) is 59.1 cm³/mol. The van der Waals surface area contributed by atoms with Crippen molar-refractivity contribution < 1.29 is 9.59 Å². The third-order valence-corrected chi connectivity index (χ3v) is 2.33. The van der Waals surface area contributed by atoms with E-state index >= 15 is 0 Å². The number of halogens is 1. The average molecular weight is 226 g/mol. The van der Waals surface area contributed by atoms with Crippen LogP contribution in [0.5, 0.6) is 0 Å². The molecule has 0 radical (unpaired) electrons. The lowest BCUT2D eigenvalue weighted by atomic mass is 10.1. The van der Waals surface area contributed by atoms with Crippen LogP contribution in [0.1, 0.15) is 10.4 Å². The van der Waals surface area contributed by atoms with Gasteiger partial charge in [-0.25, -0.2) is 0 Å². The molecule has 80 valence electrons. The molecule has 0 fully saturated rings. The van der Waals surface area contributed by atoms with E-state index in [1.54, 1.807) is 44.4 Å². The summed E-state index contributed by atoms with van der Waals surface area (Å²) in [6.07, 6.45) is 0. The van der Waals surface area contributed by atoms with Crippen LogP contribution in [0, 0.1) is 0 Å². The van der Waals surface area contributed by atoms with Gasteiger partial charge in [-0.15, -0.1) is 11.6 Å². The second-order valence-corrected chi connectivity index (χ2v) is 3.76. The van der Waals surface area contributed by atoms with E-state index in [-0.39, 0.29) is 5.78 Å². The summed E-state index contributed by atoms with van der Waals surface area (Å²) in [5.74, 6) is -0.763. The molecule has 0 aliphatic rings. The number of hydrogen-bond donors (Lipinski definition) is 0. The summed E-state index contributed by atoms with van der Waals surface area (Å²) in [5, 5.41) is -1.14. The molecular weight excluding hydrogens is 214 g/mol. The number of amides is 1. The monoisotopic (exact) mass is 225 g/mol. The van der Waals surface area contributed by atoms with Gasteiger partial charge in [-0.1, -0.05) is 30.3 Å². The third kappa shape index (κ3) is 2.80. The Morgan fingerprint density at radius 2 is 1.73 bits per heavy atom. The molecule has 1 amide bonds. The molecule has 15 heavy (non-hydrogen) atoms. The van der Waals surface area contributed by atoms with Gasteiger partial charge in [-0.3, -0.25) is 9.59 Å². The highest BCUT2D eigenvalue weighted by molar-refractivity contribution is 6.44. The van der Waals surface area contributed by atoms with Crippen LogP contribution < -0.4 is 0 Å². The predicted octanol–water partition coefficient (Wildman–Crippen LogP) is 1.56. The van der Waals surface area contributed by atoms with Gasteiger partial charge in [-0.05, 0) is 0 Å². The van der Waals surface area contributed by atoms with Crippen LogP contribution in [0.25, 0.3) is 0 Å². The van der Waals surface area contributed by atoms with Crippen molar-refractivity contribution in [3.05, 3.63) is 35.9 Å². The third-order valence-electron chi connectivity index (χ3n) is 1.95. The number of benzene rings is 1. The molecule has 1 aromatic carbocycles. The van der Waals surface area contributed by atoms with Crippen LogP contribution in [0.2, 0.25) is 0 Å². The number of nitrogens with zero attached hydrogens (tertiary/aromatic N) is 1. The van der Waals surface area contributed by atoms with Gasteiger partial charge in [0.15, 0.2) is 11.2 Å². The molecular formula is C11H12ClNO2. The summed E-state index contributed by atoms with van der Waals surface area (Å²) < 4.78 is 0. The summed E-state index contributed by atoms with van der Waals surface area (Å²) >= 11 is 5.77. The second-order valence-electron chi connectivity index (χ2n) is 3.33. The van der Waals surface area contributed by atoms with Gasteiger partial charge in [0, 0.05) is 19.7 Å². The average Bonchev–Trinajstić information content (AvgIpc) is 2.27. The smallest absolute Gasteiger partial charge is 0.248 e.